The Morgan fingerprint density at radius 3 is 1.57 bits per heavy atom. The molecule has 0 amide bonds. The fourth-order valence-electron chi connectivity index (χ4n) is 3.91. The molecule has 0 saturated carbocycles. The molecule has 0 aliphatic heterocycles. The van der Waals surface area contributed by atoms with Crippen LogP contribution in [0.1, 0.15) is 37.8 Å². The van der Waals surface area contributed by atoms with Crippen molar-refractivity contribution in [2.24, 2.45) is 0 Å². The Balaban J connectivity index is 3.06. The van der Waals surface area contributed by atoms with Crippen LogP contribution in [-0.4, -0.2) is 154 Å². The molecule has 14 nitrogen and oxygen atoms in total. The lowest BCUT2D eigenvalue weighted by atomic mass is 10.0. The van der Waals surface area contributed by atoms with E-state index in [1.165, 1.54) is 16.7 Å². The fourth-order valence-corrected chi connectivity index (χ4v) is 5.50. The maximum Gasteiger partial charge on any atom is 0.188 e. The Morgan fingerprint density at radius 1 is 0.705 bits per heavy atom. The number of hydrogen-bond donors (Lipinski definition) is 10. The molecule has 8 atom stereocenters. The molecule has 254 valence electrons. The number of carbonyl (C=O) groups is 2. The quantitative estimate of drug-likeness (QED) is 0.0617. The van der Waals surface area contributed by atoms with Crippen molar-refractivity contribution >= 4 is 33.8 Å². The predicted molar refractivity (Wildman–Crippen MR) is 164 cm³/mol. The van der Waals surface area contributed by atoms with Gasteiger partial charge in [-0.05, 0) is 23.3 Å². The summed E-state index contributed by atoms with van der Waals surface area (Å²) in [4.78, 5) is 25.1. The van der Waals surface area contributed by atoms with Crippen molar-refractivity contribution in [3.05, 3.63) is 29.3 Å². The zero-order valence-corrected chi connectivity index (χ0v) is 26.5. The fraction of sp³-hybridized carbons (Fsp3) is 0.714. The third-order valence-electron chi connectivity index (χ3n) is 6.75. The summed E-state index contributed by atoms with van der Waals surface area (Å²) in [5, 5.41) is 98.7. The number of aliphatic hydroxyl groups is 10. The Morgan fingerprint density at radius 2 is 1.14 bits per heavy atom. The number of benzene rings is 1. The Labute approximate surface area is 265 Å². The van der Waals surface area contributed by atoms with Gasteiger partial charge in [-0.15, -0.1) is 0 Å². The molecule has 1 aromatic carbocycles. The van der Waals surface area contributed by atoms with Crippen LogP contribution < -0.4 is 4.74 Å². The lowest BCUT2D eigenvalue weighted by Gasteiger charge is -2.33. The predicted octanol–water partition coefficient (Wildman–Crippen LogP) is -2.42. The molecule has 0 unspecified atom stereocenters. The van der Waals surface area contributed by atoms with E-state index < -0.39 is 75.1 Å². The smallest absolute Gasteiger partial charge is 0.188 e. The summed E-state index contributed by atoms with van der Waals surface area (Å²) < 4.78 is 5.86. The number of nitrogens with zero attached hydrogens (tertiary/aromatic N) is 1. The van der Waals surface area contributed by atoms with Crippen molar-refractivity contribution in [2.45, 2.75) is 87.0 Å². The van der Waals surface area contributed by atoms with Gasteiger partial charge in [-0.25, -0.2) is 0 Å². The van der Waals surface area contributed by atoms with Gasteiger partial charge < -0.3 is 55.8 Å². The molecule has 0 aliphatic carbocycles. The first-order valence-corrected chi connectivity index (χ1v) is 16.2. The molecule has 0 spiro atoms. The monoisotopic (exact) mass is 669 g/mol. The van der Waals surface area contributed by atoms with E-state index in [-0.39, 0.29) is 23.4 Å². The molecule has 10 N–H and O–H groups in total. The standard InChI is InChI=1S/C28H47NO13S2/c1-3-23(36)43-14-16-5-6-18(9-17(16)15-44-24(37)4-2)42-8-7-29(10-19(32)25(38)27(40)21(34)12-30)11-20(33)26(39)28(41)22(35)13-31/h5-6,9,19-22,25-28,30-35,38-41H,3-4,7-8,10-15H2,1-2H3/t19-,20-,21+,22+,25+,26+,27+,28+/m0/s1. The van der Waals surface area contributed by atoms with Crippen molar-refractivity contribution in [1.82, 2.24) is 4.90 Å². The van der Waals surface area contributed by atoms with E-state index in [1.54, 1.807) is 32.0 Å². The van der Waals surface area contributed by atoms with E-state index in [0.717, 1.165) is 22.9 Å². The highest BCUT2D eigenvalue weighted by atomic mass is 32.2. The summed E-state index contributed by atoms with van der Waals surface area (Å²) in [5.41, 5.74) is 1.66. The highest BCUT2D eigenvalue weighted by Gasteiger charge is 2.34. The molecular weight excluding hydrogens is 622 g/mol. The van der Waals surface area contributed by atoms with Crippen molar-refractivity contribution < 1.29 is 65.4 Å². The maximum atomic E-state index is 11.9. The van der Waals surface area contributed by atoms with Gasteiger partial charge in [0, 0.05) is 44.0 Å². The molecule has 0 saturated heterocycles. The van der Waals surface area contributed by atoms with Crippen LogP contribution >= 0.6 is 23.5 Å². The van der Waals surface area contributed by atoms with Crippen LogP contribution in [0.4, 0.5) is 0 Å². The van der Waals surface area contributed by atoms with Crippen LogP contribution in [0.3, 0.4) is 0 Å². The summed E-state index contributed by atoms with van der Waals surface area (Å²) in [6, 6.07) is 5.21. The Hall–Kier alpha value is -1.38. The number of rotatable bonds is 22. The molecule has 0 bridgehead atoms. The topological polar surface area (TPSA) is 249 Å². The second kappa shape index (κ2) is 21.4. The molecule has 0 aromatic heterocycles. The highest BCUT2D eigenvalue weighted by molar-refractivity contribution is 8.13. The van der Waals surface area contributed by atoms with Gasteiger partial charge in [0.25, 0.3) is 0 Å². The van der Waals surface area contributed by atoms with Crippen LogP contribution in [0, 0.1) is 0 Å². The van der Waals surface area contributed by atoms with Gasteiger partial charge in [0.05, 0.1) is 25.4 Å². The van der Waals surface area contributed by atoms with E-state index >= 15 is 0 Å². The molecule has 44 heavy (non-hydrogen) atoms. The summed E-state index contributed by atoms with van der Waals surface area (Å²) in [6.07, 6.45) is -13.7. The number of thioether (sulfide) groups is 2. The second-order valence-corrected chi connectivity index (χ2v) is 12.2. The van der Waals surface area contributed by atoms with E-state index in [0.29, 0.717) is 30.1 Å². The van der Waals surface area contributed by atoms with E-state index in [9.17, 15) is 50.4 Å². The molecule has 16 heteroatoms. The lowest BCUT2D eigenvalue weighted by Crippen LogP contribution is -2.53. The molecule has 0 radical (unpaired) electrons. The van der Waals surface area contributed by atoms with Gasteiger partial charge in [-0.3, -0.25) is 14.5 Å². The minimum absolute atomic E-state index is 0.00458. The molecule has 1 aromatic rings. The zero-order valence-electron chi connectivity index (χ0n) is 24.9. The minimum Gasteiger partial charge on any atom is -0.492 e. The third-order valence-corrected chi connectivity index (χ3v) is 8.88. The SMILES string of the molecule is CCC(=O)SCc1ccc(OCCN(C[C@H](O)[C@@H](O)[C@H](O)[C@H](O)CO)C[C@H](O)[C@@H](O)[C@H](O)[C@H](O)CO)cc1CSC(=O)CC. The van der Waals surface area contributed by atoms with Crippen LogP contribution in [0.5, 0.6) is 5.75 Å². The van der Waals surface area contributed by atoms with E-state index in [1.807, 2.05) is 0 Å². The first-order valence-electron chi connectivity index (χ1n) is 14.2. The van der Waals surface area contributed by atoms with Crippen molar-refractivity contribution in [3.8, 4) is 5.75 Å². The lowest BCUT2D eigenvalue weighted by molar-refractivity contribution is -0.130. The molecule has 0 aliphatic rings. The zero-order chi connectivity index (χ0) is 33.4. The largest absolute Gasteiger partial charge is 0.492 e. The van der Waals surface area contributed by atoms with Crippen molar-refractivity contribution in [1.29, 1.82) is 0 Å². The summed E-state index contributed by atoms with van der Waals surface area (Å²) >= 11 is 2.32. The van der Waals surface area contributed by atoms with Gasteiger partial charge in [0.1, 0.15) is 49.0 Å². The third kappa shape index (κ3) is 13.9. The van der Waals surface area contributed by atoms with Crippen molar-refractivity contribution in [3.63, 3.8) is 0 Å². The molecule has 0 heterocycles. The number of aliphatic hydroxyl groups excluding tert-OH is 10. The van der Waals surface area contributed by atoms with Gasteiger partial charge in [-0.1, -0.05) is 43.4 Å². The average molecular weight is 670 g/mol. The Bertz CT molecular complexity index is 961. The van der Waals surface area contributed by atoms with E-state index in [2.05, 4.69) is 0 Å². The maximum absolute atomic E-state index is 11.9. The van der Waals surface area contributed by atoms with Crippen LogP contribution in [0.2, 0.25) is 0 Å². The van der Waals surface area contributed by atoms with Crippen LogP contribution in [-0.2, 0) is 21.1 Å². The van der Waals surface area contributed by atoms with Crippen LogP contribution in [0.15, 0.2) is 18.2 Å². The molecule has 0 fully saturated rings. The molecule has 1 rings (SSSR count). The summed E-state index contributed by atoms with van der Waals surface area (Å²) in [6.45, 7) is 0.830. The van der Waals surface area contributed by atoms with Gasteiger partial charge in [0.15, 0.2) is 10.2 Å². The first-order chi connectivity index (χ1) is 20.8. The Kier molecular flexibility index (Phi) is 19.8. The number of ether oxygens (including phenoxy) is 1. The molecular formula is C28H47NO13S2. The summed E-state index contributed by atoms with van der Waals surface area (Å²) in [7, 11) is 0. The summed E-state index contributed by atoms with van der Waals surface area (Å²) in [5.74, 6) is 1.21. The van der Waals surface area contributed by atoms with Gasteiger partial charge in [0.2, 0.25) is 0 Å². The highest BCUT2D eigenvalue weighted by Crippen LogP contribution is 2.27. The minimum atomic E-state index is -1.90. The first kappa shape index (κ1) is 40.6. The second-order valence-electron chi connectivity index (χ2n) is 10.2. The average Bonchev–Trinajstić information content (AvgIpc) is 3.03. The van der Waals surface area contributed by atoms with E-state index in [4.69, 9.17) is 14.9 Å². The van der Waals surface area contributed by atoms with Crippen molar-refractivity contribution in [2.75, 3.05) is 39.5 Å². The van der Waals surface area contributed by atoms with Gasteiger partial charge >= 0.3 is 0 Å². The van der Waals surface area contributed by atoms with Gasteiger partial charge in [-0.2, -0.15) is 0 Å². The number of hydrogen-bond acceptors (Lipinski definition) is 16. The normalized spacial score (nSPS) is 17.4. The number of carbonyl (C=O) groups excluding carboxylic acids is 2. The van der Waals surface area contributed by atoms with Crippen LogP contribution in [0.25, 0.3) is 0 Å².